The van der Waals surface area contributed by atoms with Crippen molar-refractivity contribution >= 4 is 17.3 Å². The number of rotatable bonds is 3. The first kappa shape index (κ1) is 16.3. The molecule has 1 saturated heterocycles. The number of aryl methyl sites for hydroxylation is 2. The molecule has 1 aliphatic rings. The highest BCUT2D eigenvalue weighted by Crippen LogP contribution is 2.28. The van der Waals surface area contributed by atoms with Gasteiger partial charge in [-0.3, -0.25) is 9.59 Å². The lowest BCUT2D eigenvalue weighted by Gasteiger charge is -2.30. The number of amides is 1. The summed E-state index contributed by atoms with van der Waals surface area (Å²) in [4.78, 5) is 27.0. The smallest absolute Gasteiger partial charge is 0.263 e. The van der Waals surface area contributed by atoms with E-state index in [1.807, 2.05) is 24.3 Å². The number of piperidine rings is 1. The molecule has 126 valence electrons. The van der Waals surface area contributed by atoms with Crippen LogP contribution < -0.4 is 15.6 Å². The molecule has 0 radical (unpaired) electrons. The van der Waals surface area contributed by atoms with Crippen LogP contribution in [0.2, 0.25) is 0 Å². The van der Waals surface area contributed by atoms with Gasteiger partial charge in [0.1, 0.15) is 17.1 Å². The van der Waals surface area contributed by atoms with Gasteiger partial charge in [-0.2, -0.15) is 0 Å². The Balaban J connectivity index is 1.89. The maximum Gasteiger partial charge on any atom is 0.263 e. The molecule has 0 spiro atoms. The highest BCUT2D eigenvalue weighted by atomic mass is 16.3. The predicted octanol–water partition coefficient (Wildman–Crippen LogP) is 3.50. The van der Waals surface area contributed by atoms with E-state index in [0.29, 0.717) is 11.5 Å². The molecule has 5 heteroatoms. The molecule has 0 aliphatic carbocycles. The molecule has 0 atom stereocenters. The molecule has 2 aromatic rings. The van der Waals surface area contributed by atoms with Crippen LogP contribution >= 0.6 is 0 Å². The Morgan fingerprint density at radius 1 is 1.12 bits per heavy atom. The van der Waals surface area contributed by atoms with Gasteiger partial charge in [0.05, 0.1) is 11.4 Å². The van der Waals surface area contributed by atoms with Crippen LogP contribution in [-0.2, 0) is 0 Å². The summed E-state index contributed by atoms with van der Waals surface area (Å²) in [5.41, 5.74) is 1.47. The minimum atomic E-state index is -0.425. The van der Waals surface area contributed by atoms with Crippen molar-refractivity contribution in [2.24, 2.45) is 0 Å². The fourth-order valence-corrected chi connectivity index (χ4v) is 3.20. The molecular formula is C19H22N2O3. The lowest BCUT2D eigenvalue weighted by atomic mass is 10.1. The second-order valence-corrected chi connectivity index (χ2v) is 6.17. The van der Waals surface area contributed by atoms with Crippen molar-refractivity contribution in [1.82, 2.24) is 0 Å². The van der Waals surface area contributed by atoms with E-state index in [0.717, 1.165) is 37.3 Å². The zero-order chi connectivity index (χ0) is 17.1. The van der Waals surface area contributed by atoms with E-state index >= 15 is 0 Å². The van der Waals surface area contributed by atoms with Crippen LogP contribution in [0.25, 0.3) is 0 Å². The number of nitrogens with zero attached hydrogens (tertiary/aromatic N) is 1. The molecule has 1 N–H and O–H groups in total. The van der Waals surface area contributed by atoms with Crippen LogP contribution in [0.3, 0.4) is 0 Å². The summed E-state index contributed by atoms with van der Waals surface area (Å²) in [6, 6.07) is 9.06. The summed E-state index contributed by atoms with van der Waals surface area (Å²) in [5.74, 6) is 0.418. The molecule has 1 amide bonds. The Morgan fingerprint density at radius 2 is 1.83 bits per heavy atom. The van der Waals surface area contributed by atoms with Crippen LogP contribution in [0.4, 0.5) is 11.4 Å². The molecule has 2 heterocycles. The monoisotopic (exact) mass is 326 g/mol. The molecule has 3 rings (SSSR count). The van der Waals surface area contributed by atoms with Gasteiger partial charge < -0.3 is 14.6 Å². The molecule has 0 bridgehead atoms. The second-order valence-electron chi connectivity index (χ2n) is 6.17. The number of carbonyl (C=O) groups is 1. The fraction of sp³-hybridized carbons (Fsp3) is 0.368. The summed E-state index contributed by atoms with van der Waals surface area (Å²) < 4.78 is 5.42. The Bertz CT molecular complexity index is 804. The Kier molecular flexibility index (Phi) is 4.69. The highest BCUT2D eigenvalue weighted by molar-refractivity contribution is 6.06. The number of carbonyl (C=O) groups excluding carboxylic acids is 1. The van der Waals surface area contributed by atoms with Gasteiger partial charge in [-0.15, -0.1) is 0 Å². The van der Waals surface area contributed by atoms with E-state index in [4.69, 9.17) is 4.42 Å². The summed E-state index contributed by atoms with van der Waals surface area (Å²) >= 11 is 0. The van der Waals surface area contributed by atoms with Gasteiger partial charge >= 0.3 is 0 Å². The number of hydrogen-bond donors (Lipinski definition) is 1. The van der Waals surface area contributed by atoms with Crippen LogP contribution in [0.15, 0.2) is 39.5 Å². The lowest BCUT2D eigenvalue weighted by molar-refractivity contribution is 0.102. The minimum Gasteiger partial charge on any atom is -0.466 e. The van der Waals surface area contributed by atoms with Crippen molar-refractivity contribution < 1.29 is 9.21 Å². The number of benzene rings is 1. The van der Waals surface area contributed by atoms with Crippen LogP contribution in [0.5, 0.6) is 0 Å². The van der Waals surface area contributed by atoms with E-state index in [-0.39, 0.29) is 11.0 Å². The van der Waals surface area contributed by atoms with Crippen molar-refractivity contribution in [3.8, 4) is 0 Å². The van der Waals surface area contributed by atoms with Gasteiger partial charge in [-0.25, -0.2) is 0 Å². The van der Waals surface area contributed by atoms with Crippen molar-refractivity contribution in [2.45, 2.75) is 33.1 Å². The molecule has 1 aliphatic heterocycles. The third kappa shape index (κ3) is 3.35. The average molecular weight is 326 g/mol. The van der Waals surface area contributed by atoms with Crippen molar-refractivity contribution in [3.63, 3.8) is 0 Å². The Morgan fingerprint density at radius 3 is 2.54 bits per heavy atom. The minimum absolute atomic E-state index is 0.0639. The van der Waals surface area contributed by atoms with Crippen LogP contribution in [0.1, 0.15) is 41.1 Å². The first-order valence-corrected chi connectivity index (χ1v) is 8.33. The molecular weight excluding hydrogens is 304 g/mol. The van der Waals surface area contributed by atoms with Crippen molar-refractivity contribution in [2.75, 3.05) is 23.3 Å². The highest BCUT2D eigenvalue weighted by Gasteiger charge is 2.19. The van der Waals surface area contributed by atoms with Crippen LogP contribution in [-0.4, -0.2) is 19.0 Å². The summed E-state index contributed by atoms with van der Waals surface area (Å²) in [7, 11) is 0. The van der Waals surface area contributed by atoms with E-state index in [9.17, 15) is 9.59 Å². The molecule has 5 nitrogen and oxygen atoms in total. The molecule has 0 saturated carbocycles. The van der Waals surface area contributed by atoms with Gasteiger partial charge in [-0.1, -0.05) is 12.1 Å². The zero-order valence-electron chi connectivity index (χ0n) is 14.1. The summed E-state index contributed by atoms with van der Waals surface area (Å²) in [6.45, 7) is 5.30. The SMILES string of the molecule is Cc1cc(=O)c(C(=O)Nc2ccccc2N2CCCCC2)c(C)o1. The Hall–Kier alpha value is -2.56. The second kappa shape index (κ2) is 6.91. The molecule has 1 aromatic carbocycles. The third-order valence-corrected chi connectivity index (χ3v) is 4.32. The average Bonchev–Trinajstić information content (AvgIpc) is 2.55. The van der Waals surface area contributed by atoms with E-state index in [1.165, 1.54) is 12.5 Å². The lowest BCUT2D eigenvalue weighted by Crippen LogP contribution is -2.31. The maximum atomic E-state index is 12.6. The number of anilines is 2. The van der Waals surface area contributed by atoms with Gasteiger partial charge in [-0.05, 0) is 45.2 Å². The number of para-hydroxylation sites is 2. The normalized spacial score (nSPS) is 14.5. The van der Waals surface area contributed by atoms with Crippen molar-refractivity contribution in [3.05, 3.63) is 57.6 Å². The molecule has 1 aromatic heterocycles. The molecule has 0 unspecified atom stereocenters. The quantitative estimate of drug-likeness (QED) is 0.938. The summed E-state index contributed by atoms with van der Waals surface area (Å²) in [5, 5.41) is 2.88. The zero-order valence-corrected chi connectivity index (χ0v) is 14.1. The van der Waals surface area contributed by atoms with Crippen LogP contribution in [0, 0.1) is 13.8 Å². The third-order valence-electron chi connectivity index (χ3n) is 4.32. The number of nitrogens with one attached hydrogen (secondary N) is 1. The topological polar surface area (TPSA) is 62.6 Å². The first-order valence-electron chi connectivity index (χ1n) is 8.33. The van der Waals surface area contributed by atoms with Crippen molar-refractivity contribution in [1.29, 1.82) is 0 Å². The Labute approximate surface area is 141 Å². The van der Waals surface area contributed by atoms with E-state index in [2.05, 4.69) is 10.2 Å². The standard InChI is InChI=1S/C19H22N2O3/c1-13-12-17(22)18(14(2)24-13)19(23)20-15-8-4-5-9-16(15)21-10-6-3-7-11-21/h4-5,8-9,12H,3,6-7,10-11H2,1-2H3,(H,20,23). The van der Waals surface area contributed by atoms with Gasteiger partial charge in [0, 0.05) is 19.2 Å². The van der Waals surface area contributed by atoms with Gasteiger partial charge in [0.2, 0.25) is 0 Å². The first-order chi connectivity index (χ1) is 11.6. The van der Waals surface area contributed by atoms with Gasteiger partial charge in [0.25, 0.3) is 5.91 Å². The maximum absolute atomic E-state index is 12.6. The molecule has 1 fully saturated rings. The van der Waals surface area contributed by atoms with E-state index < -0.39 is 5.91 Å². The predicted molar refractivity (Wildman–Crippen MR) is 94.9 cm³/mol. The van der Waals surface area contributed by atoms with Gasteiger partial charge in [0.15, 0.2) is 5.43 Å². The fourth-order valence-electron chi connectivity index (χ4n) is 3.20. The number of hydrogen-bond acceptors (Lipinski definition) is 4. The largest absolute Gasteiger partial charge is 0.466 e. The molecule has 24 heavy (non-hydrogen) atoms. The van der Waals surface area contributed by atoms with E-state index in [1.54, 1.807) is 13.8 Å². The summed E-state index contributed by atoms with van der Waals surface area (Å²) in [6.07, 6.45) is 3.56.